The van der Waals surface area contributed by atoms with E-state index in [9.17, 15) is 9.59 Å². The van der Waals surface area contributed by atoms with Crippen LogP contribution in [0.5, 0.6) is 17.2 Å². The number of aromatic nitrogens is 2. The topological polar surface area (TPSA) is 97.0 Å². The minimum absolute atomic E-state index is 0.0582. The van der Waals surface area contributed by atoms with Crippen LogP contribution in [0.3, 0.4) is 0 Å². The Kier molecular flexibility index (Phi) is 9.96. The van der Waals surface area contributed by atoms with Gasteiger partial charge in [-0.1, -0.05) is 41.4 Å². The molecule has 3 aromatic carbocycles. The number of aromatic amines is 1. The number of carbonyl (C=O) groups excluding carboxylic acids is 2. The molecule has 0 spiro atoms. The van der Waals surface area contributed by atoms with Crippen LogP contribution in [0, 0.1) is 5.92 Å². The minimum Gasteiger partial charge on any atom is -0.493 e. The van der Waals surface area contributed by atoms with Gasteiger partial charge in [-0.05, 0) is 93.7 Å². The molecule has 1 N–H and O–H groups in total. The van der Waals surface area contributed by atoms with E-state index in [-0.39, 0.29) is 23.0 Å². The van der Waals surface area contributed by atoms with Gasteiger partial charge in [0.15, 0.2) is 17.3 Å². The molecule has 1 atom stereocenters. The number of fused-ring (bicyclic) bond motifs is 1. The number of piperidine rings is 2. The number of carbonyl (C=O) groups is 2. The highest BCUT2D eigenvalue weighted by Crippen LogP contribution is 2.42. The first-order valence-corrected chi connectivity index (χ1v) is 16.8. The van der Waals surface area contributed by atoms with Gasteiger partial charge in [-0.2, -0.15) is 0 Å². The summed E-state index contributed by atoms with van der Waals surface area (Å²) in [4.78, 5) is 39.4. The molecule has 47 heavy (non-hydrogen) atoms. The number of para-hydroxylation sites is 2. The van der Waals surface area contributed by atoms with Gasteiger partial charge in [0.1, 0.15) is 0 Å². The monoisotopic (exact) mass is 678 g/mol. The van der Waals surface area contributed by atoms with Crippen molar-refractivity contribution in [3.05, 3.63) is 81.6 Å². The molecular formula is C36H40Cl2N4O5. The largest absolute Gasteiger partial charge is 0.493 e. The lowest BCUT2D eigenvalue weighted by atomic mass is 9.71. The number of hydrogen-bond acceptors (Lipinski definition) is 7. The number of rotatable bonds is 10. The quantitative estimate of drug-likeness (QED) is 0.180. The molecule has 2 saturated heterocycles. The Morgan fingerprint density at radius 1 is 0.936 bits per heavy atom. The number of Topliss-reactive ketones (excluding diaryl/α,β-unsaturated/α-hetero) is 1. The molecule has 2 aliphatic heterocycles. The Hall–Kier alpha value is -3.79. The molecular weight excluding hydrogens is 639 g/mol. The zero-order chi connectivity index (χ0) is 33.1. The SMILES string of the molecule is COc1cc(C(=O)N2CCCC(CCN3CCC(C(=O)c4nc5ccccc5[nH]4)CC3)(c3ccc(Cl)c(Cl)c3)C2)cc(OC)c1OC. The summed E-state index contributed by atoms with van der Waals surface area (Å²) in [7, 11) is 4.62. The Balaban J connectivity index is 1.18. The van der Waals surface area contributed by atoms with Crippen molar-refractivity contribution in [3.8, 4) is 17.2 Å². The number of H-pyrrole nitrogens is 1. The van der Waals surface area contributed by atoms with Crippen LogP contribution in [0.2, 0.25) is 10.0 Å². The lowest BCUT2D eigenvalue weighted by Gasteiger charge is -2.45. The third kappa shape index (κ3) is 6.80. The van der Waals surface area contributed by atoms with Crippen LogP contribution < -0.4 is 14.2 Å². The van der Waals surface area contributed by atoms with Gasteiger partial charge in [0, 0.05) is 30.0 Å². The second-order valence-corrected chi connectivity index (χ2v) is 13.3. The molecule has 0 radical (unpaired) electrons. The molecule has 3 heterocycles. The summed E-state index contributed by atoms with van der Waals surface area (Å²) in [5, 5.41) is 1.00. The number of halogens is 2. The molecule has 1 unspecified atom stereocenters. The summed E-state index contributed by atoms with van der Waals surface area (Å²) < 4.78 is 16.5. The van der Waals surface area contributed by atoms with Gasteiger partial charge in [0.2, 0.25) is 11.5 Å². The number of amides is 1. The second kappa shape index (κ2) is 14.1. The van der Waals surface area contributed by atoms with Crippen molar-refractivity contribution in [3.63, 3.8) is 0 Å². The van der Waals surface area contributed by atoms with Crippen molar-refractivity contribution in [1.29, 1.82) is 0 Å². The predicted molar refractivity (Wildman–Crippen MR) is 184 cm³/mol. The first kappa shape index (κ1) is 33.1. The van der Waals surface area contributed by atoms with Crippen molar-refractivity contribution in [2.45, 2.75) is 37.5 Å². The first-order chi connectivity index (χ1) is 22.7. The smallest absolute Gasteiger partial charge is 0.254 e. The van der Waals surface area contributed by atoms with Gasteiger partial charge in [0.25, 0.3) is 5.91 Å². The number of benzene rings is 3. The fraction of sp³-hybridized carbons (Fsp3) is 0.417. The van der Waals surface area contributed by atoms with Crippen molar-refractivity contribution in [1.82, 2.24) is 19.8 Å². The maximum Gasteiger partial charge on any atom is 0.254 e. The number of nitrogens with one attached hydrogen (secondary N) is 1. The van der Waals surface area contributed by atoms with Gasteiger partial charge >= 0.3 is 0 Å². The summed E-state index contributed by atoms with van der Waals surface area (Å²) in [5.41, 5.74) is 2.91. The maximum absolute atomic E-state index is 14.0. The van der Waals surface area contributed by atoms with E-state index in [4.69, 9.17) is 37.4 Å². The third-order valence-corrected chi connectivity index (χ3v) is 10.5. The molecule has 0 aliphatic carbocycles. The average molecular weight is 680 g/mol. The summed E-state index contributed by atoms with van der Waals surface area (Å²) in [5.74, 6) is 1.69. The molecule has 11 heteroatoms. The zero-order valence-corrected chi connectivity index (χ0v) is 28.5. The number of likely N-dealkylation sites (tertiary alicyclic amines) is 2. The van der Waals surface area contributed by atoms with Crippen LogP contribution in [0.25, 0.3) is 11.0 Å². The lowest BCUT2D eigenvalue weighted by molar-refractivity contribution is 0.0600. The standard InChI is InChI=1S/C36H40Cl2N4O5/c1-45-30-19-24(20-31(46-2)33(30)47-3)35(44)42-15-6-13-36(22-42,25-9-10-26(37)27(38)21-25)14-18-41-16-11-23(12-17-41)32(43)34-39-28-7-4-5-8-29(28)40-34/h4-5,7-10,19-21,23H,6,11-18,22H2,1-3H3,(H,39,40). The van der Waals surface area contributed by atoms with E-state index in [0.717, 1.165) is 68.3 Å². The van der Waals surface area contributed by atoms with Crippen molar-refractivity contribution >= 4 is 45.9 Å². The van der Waals surface area contributed by atoms with Gasteiger partial charge in [0.05, 0.1) is 42.4 Å². The fourth-order valence-corrected chi connectivity index (χ4v) is 7.45. The van der Waals surface area contributed by atoms with Crippen molar-refractivity contribution in [2.24, 2.45) is 5.92 Å². The average Bonchev–Trinajstić information content (AvgIpc) is 3.55. The molecule has 4 aromatic rings. The molecule has 1 amide bonds. The summed E-state index contributed by atoms with van der Waals surface area (Å²) >= 11 is 12.9. The number of ketones is 1. The third-order valence-electron chi connectivity index (χ3n) is 9.80. The van der Waals surface area contributed by atoms with Gasteiger partial charge in [-0.25, -0.2) is 4.98 Å². The zero-order valence-electron chi connectivity index (χ0n) is 27.0. The number of imidazole rings is 1. The normalized spacial score (nSPS) is 19.1. The number of methoxy groups -OCH3 is 3. The summed E-state index contributed by atoms with van der Waals surface area (Å²) in [6, 6.07) is 17.0. The van der Waals surface area contributed by atoms with E-state index in [1.165, 1.54) is 0 Å². The second-order valence-electron chi connectivity index (χ2n) is 12.5. The van der Waals surface area contributed by atoms with Gasteiger partial charge < -0.3 is 29.0 Å². The van der Waals surface area contributed by atoms with Crippen LogP contribution in [-0.2, 0) is 5.41 Å². The first-order valence-electron chi connectivity index (χ1n) is 16.0. The fourth-order valence-electron chi connectivity index (χ4n) is 7.16. The van der Waals surface area contributed by atoms with E-state index < -0.39 is 0 Å². The molecule has 1 aromatic heterocycles. The number of nitrogens with zero attached hydrogens (tertiary/aromatic N) is 3. The molecule has 9 nitrogen and oxygen atoms in total. The van der Waals surface area contributed by atoms with E-state index in [0.29, 0.717) is 51.8 Å². The molecule has 0 bridgehead atoms. The van der Waals surface area contributed by atoms with Gasteiger partial charge in [-0.3, -0.25) is 9.59 Å². The van der Waals surface area contributed by atoms with E-state index >= 15 is 0 Å². The van der Waals surface area contributed by atoms with Crippen LogP contribution in [0.4, 0.5) is 0 Å². The van der Waals surface area contributed by atoms with Crippen LogP contribution in [0.1, 0.15) is 58.6 Å². The Morgan fingerprint density at radius 2 is 1.66 bits per heavy atom. The summed E-state index contributed by atoms with van der Waals surface area (Å²) in [6.07, 6.45) is 4.13. The molecule has 2 aliphatic rings. The minimum atomic E-state index is -0.330. The Labute approximate surface area is 285 Å². The van der Waals surface area contributed by atoms with E-state index in [1.54, 1.807) is 33.5 Å². The highest BCUT2D eigenvalue weighted by molar-refractivity contribution is 6.42. The van der Waals surface area contributed by atoms with E-state index in [2.05, 4.69) is 14.9 Å². The molecule has 248 valence electrons. The highest BCUT2D eigenvalue weighted by atomic mass is 35.5. The van der Waals surface area contributed by atoms with E-state index in [1.807, 2.05) is 47.4 Å². The Morgan fingerprint density at radius 3 is 2.32 bits per heavy atom. The lowest BCUT2D eigenvalue weighted by Crippen LogP contribution is -2.50. The Bertz CT molecular complexity index is 1710. The maximum atomic E-state index is 14.0. The summed E-state index contributed by atoms with van der Waals surface area (Å²) in [6.45, 7) is 3.64. The number of hydrogen-bond donors (Lipinski definition) is 1. The molecule has 0 saturated carbocycles. The highest BCUT2D eigenvalue weighted by Gasteiger charge is 2.40. The predicted octanol–water partition coefficient (Wildman–Crippen LogP) is 7.05. The van der Waals surface area contributed by atoms with Crippen LogP contribution >= 0.6 is 23.2 Å². The van der Waals surface area contributed by atoms with Crippen LogP contribution in [-0.4, -0.2) is 85.5 Å². The number of ether oxygens (including phenoxy) is 3. The van der Waals surface area contributed by atoms with Crippen molar-refractivity contribution < 1.29 is 23.8 Å². The molecule has 6 rings (SSSR count). The van der Waals surface area contributed by atoms with Crippen molar-refractivity contribution in [2.75, 3.05) is 54.1 Å². The van der Waals surface area contributed by atoms with Crippen LogP contribution in [0.15, 0.2) is 54.6 Å². The molecule has 2 fully saturated rings. The van der Waals surface area contributed by atoms with Gasteiger partial charge in [-0.15, -0.1) is 0 Å².